The van der Waals surface area contributed by atoms with Crippen molar-refractivity contribution < 1.29 is 8.42 Å². The van der Waals surface area contributed by atoms with Crippen molar-refractivity contribution >= 4 is 21.5 Å². The van der Waals surface area contributed by atoms with Crippen LogP contribution in [0.25, 0.3) is 0 Å². The molecule has 1 aliphatic rings. The van der Waals surface area contributed by atoms with Crippen LogP contribution in [-0.2, 0) is 10.0 Å². The van der Waals surface area contributed by atoms with Crippen molar-refractivity contribution in [3.8, 4) is 0 Å². The maximum atomic E-state index is 11.7. The number of benzene rings is 1. The van der Waals surface area contributed by atoms with E-state index in [0.717, 1.165) is 32.0 Å². The molecule has 7 heteroatoms. The molecular formula is C15H18N4O2S. The molecule has 1 aromatic carbocycles. The van der Waals surface area contributed by atoms with E-state index in [2.05, 4.69) is 14.8 Å². The van der Waals surface area contributed by atoms with Crippen LogP contribution in [0.1, 0.15) is 0 Å². The summed E-state index contributed by atoms with van der Waals surface area (Å²) in [5.74, 6) is 0.946. The zero-order valence-corrected chi connectivity index (χ0v) is 12.9. The number of nitrogens with two attached hydrogens (primary N) is 1. The topological polar surface area (TPSA) is 79.5 Å². The third-order valence-electron chi connectivity index (χ3n) is 3.77. The van der Waals surface area contributed by atoms with Crippen LogP contribution in [0.2, 0.25) is 0 Å². The van der Waals surface area contributed by atoms with Gasteiger partial charge < -0.3 is 9.80 Å². The lowest BCUT2D eigenvalue weighted by molar-refractivity contribution is 0.595. The molecular weight excluding hydrogens is 300 g/mol. The average Bonchev–Trinajstić information content (AvgIpc) is 2.55. The molecule has 0 atom stereocenters. The Hall–Kier alpha value is -2.12. The molecule has 1 aliphatic heterocycles. The Labute approximate surface area is 130 Å². The number of aromatic nitrogens is 1. The van der Waals surface area contributed by atoms with Gasteiger partial charge in [-0.15, -0.1) is 0 Å². The summed E-state index contributed by atoms with van der Waals surface area (Å²) < 4.78 is 23.4. The third kappa shape index (κ3) is 3.05. The summed E-state index contributed by atoms with van der Waals surface area (Å²) in [6.07, 6.45) is 1.78. The fourth-order valence-electron chi connectivity index (χ4n) is 2.68. The molecule has 2 heterocycles. The van der Waals surface area contributed by atoms with Crippen LogP contribution in [0.15, 0.2) is 53.6 Å². The molecule has 116 valence electrons. The Bertz CT molecular complexity index is 741. The number of primary sulfonamides is 1. The van der Waals surface area contributed by atoms with Gasteiger partial charge in [0.25, 0.3) is 0 Å². The van der Waals surface area contributed by atoms with Crippen molar-refractivity contribution in [2.24, 2.45) is 5.14 Å². The quantitative estimate of drug-likeness (QED) is 0.915. The van der Waals surface area contributed by atoms with Crippen molar-refractivity contribution in [1.82, 2.24) is 4.98 Å². The largest absolute Gasteiger partial charge is 0.367 e. The lowest BCUT2D eigenvalue weighted by Crippen LogP contribution is -2.47. The molecule has 1 fully saturated rings. The number of piperazine rings is 1. The zero-order chi connectivity index (χ0) is 15.6. The summed E-state index contributed by atoms with van der Waals surface area (Å²) in [5.41, 5.74) is 0.672. The van der Waals surface area contributed by atoms with Crippen molar-refractivity contribution in [3.05, 3.63) is 48.7 Å². The molecule has 22 heavy (non-hydrogen) atoms. The van der Waals surface area contributed by atoms with Crippen molar-refractivity contribution in [3.63, 3.8) is 0 Å². The number of anilines is 2. The number of nitrogens with zero attached hydrogens (tertiary/aromatic N) is 3. The minimum absolute atomic E-state index is 0.182. The molecule has 1 aromatic heterocycles. The first kappa shape index (κ1) is 14.8. The SMILES string of the molecule is NS(=O)(=O)c1ccccc1N1CCN(c2ccccn2)CC1. The first-order valence-corrected chi connectivity index (χ1v) is 8.63. The van der Waals surface area contributed by atoms with Gasteiger partial charge in [-0.2, -0.15) is 0 Å². The minimum Gasteiger partial charge on any atom is -0.367 e. The van der Waals surface area contributed by atoms with Crippen LogP contribution in [0.4, 0.5) is 11.5 Å². The zero-order valence-electron chi connectivity index (χ0n) is 12.1. The molecule has 3 rings (SSSR count). The van der Waals surface area contributed by atoms with E-state index in [9.17, 15) is 8.42 Å². The fraction of sp³-hybridized carbons (Fsp3) is 0.267. The molecule has 0 radical (unpaired) electrons. The summed E-state index contributed by atoms with van der Waals surface area (Å²) in [6, 6.07) is 12.7. The lowest BCUT2D eigenvalue weighted by Gasteiger charge is -2.37. The van der Waals surface area contributed by atoms with E-state index in [-0.39, 0.29) is 4.90 Å². The standard InChI is InChI=1S/C15H18N4O2S/c16-22(20,21)14-6-2-1-5-13(14)18-9-11-19(12-10-18)15-7-3-4-8-17-15/h1-8H,9-12H2,(H2,16,20,21). The Morgan fingerprint density at radius 2 is 1.55 bits per heavy atom. The molecule has 0 bridgehead atoms. The Morgan fingerprint density at radius 3 is 2.18 bits per heavy atom. The number of pyridine rings is 1. The second-order valence-electron chi connectivity index (χ2n) is 5.17. The van der Waals surface area contributed by atoms with Gasteiger partial charge >= 0.3 is 0 Å². The summed E-state index contributed by atoms with van der Waals surface area (Å²) in [7, 11) is -3.72. The molecule has 2 N–H and O–H groups in total. The van der Waals surface area contributed by atoms with Gasteiger partial charge in [-0.3, -0.25) is 0 Å². The van der Waals surface area contributed by atoms with Crippen molar-refractivity contribution in [2.75, 3.05) is 36.0 Å². The molecule has 6 nitrogen and oxygen atoms in total. The Morgan fingerprint density at radius 1 is 0.909 bits per heavy atom. The maximum Gasteiger partial charge on any atom is 0.240 e. The highest BCUT2D eigenvalue weighted by Crippen LogP contribution is 2.25. The molecule has 1 saturated heterocycles. The van der Waals surface area contributed by atoms with E-state index in [4.69, 9.17) is 5.14 Å². The van der Waals surface area contributed by atoms with E-state index in [0.29, 0.717) is 5.69 Å². The number of sulfonamides is 1. The number of hydrogen-bond donors (Lipinski definition) is 1. The highest BCUT2D eigenvalue weighted by atomic mass is 32.2. The van der Waals surface area contributed by atoms with Crippen LogP contribution in [0.3, 0.4) is 0 Å². The minimum atomic E-state index is -3.72. The second-order valence-corrected chi connectivity index (χ2v) is 6.70. The smallest absolute Gasteiger partial charge is 0.240 e. The van der Waals surface area contributed by atoms with Crippen molar-refractivity contribution in [1.29, 1.82) is 0 Å². The van der Waals surface area contributed by atoms with Gasteiger partial charge in [0.1, 0.15) is 10.7 Å². The Balaban J connectivity index is 1.78. The van der Waals surface area contributed by atoms with Crippen LogP contribution < -0.4 is 14.9 Å². The second kappa shape index (κ2) is 5.94. The monoisotopic (exact) mass is 318 g/mol. The van der Waals surface area contributed by atoms with Gasteiger partial charge in [-0.05, 0) is 24.3 Å². The summed E-state index contributed by atoms with van der Waals surface area (Å²) in [4.78, 5) is 8.78. The van der Waals surface area contributed by atoms with Crippen LogP contribution in [0, 0.1) is 0 Å². The van der Waals surface area contributed by atoms with Crippen LogP contribution in [0.5, 0.6) is 0 Å². The molecule has 0 spiro atoms. The highest BCUT2D eigenvalue weighted by molar-refractivity contribution is 7.89. The predicted molar refractivity (Wildman–Crippen MR) is 86.5 cm³/mol. The van der Waals surface area contributed by atoms with E-state index in [1.54, 1.807) is 24.4 Å². The van der Waals surface area contributed by atoms with E-state index < -0.39 is 10.0 Å². The number of hydrogen-bond acceptors (Lipinski definition) is 5. The summed E-state index contributed by atoms with van der Waals surface area (Å²) >= 11 is 0. The molecule has 0 aliphatic carbocycles. The van der Waals surface area contributed by atoms with Gasteiger partial charge in [-0.1, -0.05) is 18.2 Å². The molecule has 0 unspecified atom stereocenters. The van der Waals surface area contributed by atoms with Gasteiger partial charge in [0.05, 0.1) is 5.69 Å². The first-order valence-electron chi connectivity index (χ1n) is 7.08. The fourth-order valence-corrected chi connectivity index (χ4v) is 3.43. The Kier molecular flexibility index (Phi) is 4.00. The predicted octanol–water partition coefficient (Wildman–Crippen LogP) is 1.06. The van der Waals surface area contributed by atoms with E-state index in [1.165, 1.54) is 0 Å². The average molecular weight is 318 g/mol. The van der Waals surface area contributed by atoms with Gasteiger partial charge in [0.2, 0.25) is 10.0 Å². The normalized spacial score (nSPS) is 15.9. The maximum absolute atomic E-state index is 11.7. The lowest BCUT2D eigenvalue weighted by atomic mass is 10.2. The molecule has 0 saturated carbocycles. The number of rotatable bonds is 3. The third-order valence-corrected chi connectivity index (χ3v) is 4.72. The van der Waals surface area contributed by atoms with Crippen LogP contribution >= 0.6 is 0 Å². The highest BCUT2D eigenvalue weighted by Gasteiger charge is 2.22. The molecule has 0 amide bonds. The number of para-hydroxylation sites is 1. The van der Waals surface area contributed by atoms with Gasteiger partial charge in [0.15, 0.2) is 0 Å². The summed E-state index contributed by atoms with van der Waals surface area (Å²) in [6.45, 7) is 3.03. The van der Waals surface area contributed by atoms with Crippen molar-refractivity contribution in [2.45, 2.75) is 4.90 Å². The van der Waals surface area contributed by atoms with Crippen LogP contribution in [-0.4, -0.2) is 39.6 Å². The summed E-state index contributed by atoms with van der Waals surface area (Å²) in [5, 5.41) is 5.31. The van der Waals surface area contributed by atoms with Gasteiger partial charge in [-0.25, -0.2) is 18.5 Å². The molecule has 2 aromatic rings. The van der Waals surface area contributed by atoms with E-state index in [1.807, 2.05) is 24.3 Å². The van der Waals surface area contributed by atoms with Gasteiger partial charge in [0, 0.05) is 32.4 Å². The first-order chi connectivity index (χ1) is 10.6. The van der Waals surface area contributed by atoms with E-state index >= 15 is 0 Å².